The lowest BCUT2D eigenvalue weighted by Gasteiger charge is -2.15. The first-order valence-corrected chi connectivity index (χ1v) is 11.5. The van der Waals surface area contributed by atoms with Gasteiger partial charge in [0.25, 0.3) is 0 Å². The van der Waals surface area contributed by atoms with Crippen molar-refractivity contribution in [2.45, 2.75) is 41.5 Å². The summed E-state index contributed by atoms with van der Waals surface area (Å²) in [6.07, 6.45) is 0. The SMILES string of the molecule is C=O.Cc1cc(C)c(Nc2ccc(-c3ccc(Nc4c(C)cc(C)cc4C)cc3)cc2)c(C)c1. The monoisotopic (exact) mass is 450 g/mol. The summed E-state index contributed by atoms with van der Waals surface area (Å²) in [6, 6.07) is 26.2. The molecule has 4 aromatic carbocycles. The molecular weight excluding hydrogens is 416 g/mol. The Balaban J connectivity index is 0.00000158. The van der Waals surface area contributed by atoms with Gasteiger partial charge in [-0.3, -0.25) is 0 Å². The minimum atomic E-state index is 1.10. The largest absolute Gasteiger partial charge is 0.355 e. The third kappa shape index (κ3) is 5.74. The second kappa shape index (κ2) is 10.8. The van der Waals surface area contributed by atoms with Crippen LogP contribution in [0.5, 0.6) is 0 Å². The van der Waals surface area contributed by atoms with E-state index in [1.165, 1.54) is 55.9 Å². The van der Waals surface area contributed by atoms with Gasteiger partial charge in [0.2, 0.25) is 0 Å². The number of carbonyl (C=O) groups excluding carboxylic acids is 1. The molecule has 0 heterocycles. The molecule has 0 spiro atoms. The lowest BCUT2D eigenvalue weighted by atomic mass is 10.0. The molecule has 3 nitrogen and oxygen atoms in total. The maximum Gasteiger partial charge on any atom is 0.106 e. The van der Waals surface area contributed by atoms with E-state index in [1.807, 2.05) is 6.79 Å². The molecule has 0 fully saturated rings. The van der Waals surface area contributed by atoms with Gasteiger partial charge in [0.1, 0.15) is 6.79 Å². The predicted octanol–water partition coefficient (Wildman–Crippen LogP) is 8.51. The van der Waals surface area contributed by atoms with Crippen LogP contribution in [-0.4, -0.2) is 6.79 Å². The van der Waals surface area contributed by atoms with E-state index >= 15 is 0 Å². The zero-order chi connectivity index (χ0) is 24.8. The zero-order valence-corrected chi connectivity index (χ0v) is 21.0. The third-order valence-electron chi connectivity index (χ3n) is 6.00. The highest BCUT2D eigenvalue weighted by Crippen LogP contribution is 2.30. The molecule has 0 aromatic heterocycles. The average molecular weight is 451 g/mol. The Hall–Kier alpha value is -3.85. The van der Waals surface area contributed by atoms with Gasteiger partial charge in [-0.05, 0) is 99.2 Å². The van der Waals surface area contributed by atoms with Crippen LogP contribution in [-0.2, 0) is 4.79 Å². The summed E-state index contributed by atoms with van der Waals surface area (Å²) in [5.74, 6) is 0. The summed E-state index contributed by atoms with van der Waals surface area (Å²) in [5.41, 5.74) is 14.7. The van der Waals surface area contributed by atoms with E-state index in [4.69, 9.17) is 4.79 Å². The summed E-state index contributed by atoms with van der Waals surface area (Å²) in [7, 11) is 0. The predicted molar refractivity (Wildman–Crippen MR) is 147 cm³/mol. The van der Waals surface area contributed by atoms with E-state index in [2.05, 4.69) is 125 Å². The van der Waals surface area contributed by atoms with Crippen molar-refractivity contribution in [1.82, 2.24) is 0 Å². The second-order valence-corrected chi connectivity index (χ2v) is 8.95. The Morgan fingerprint density at radius 2 is 0.735 bits per heavy atom. The lowest BCUT2D eigenvalue weighted by Crippen LogP contribution is -1.97. The summed E-state index contributed by atoms with van der Waals surface area (Å²) in [4.78, 5) is 8.00. The van der Waals surface area contributed by atoms with Gasteiger partial charge in [-0.25, -0.2) is 0 Å². The summed E-state index contributed by atoms with van der Waals surface area (Å²) < 4.78 is 0. The topological polar surface area (TPSA) is 41.1 Å². The molecule has 0 atom stereocenters. The summed E-state index contributed by atoms with van der Waals surface area (Å²) in [5, 5.41) is 7.17. The van der Waals surface area contributed by atoms with Gasteiger partial charge < -0.3 is 15.4 Å². The fourth-order valence-electron chi connectivity index (χ4n) is 4.54. The van der Waals surface area contributed by atoms with Crippen molar-refractivity contribution in [2.75, 3.05) is 10.6 Å². The molecule has 0 unspecified atom stereocenters. The second-order valence-electron chi connectivity index (χ2n) is 8.95. The Kier molecular flexibility index (Phi) is 7.91. The first-order chi connectivity index (χ1) is 16.3. The molecule has 34 heavy (non-hydrogen) atoms. The molecule has 0 radical (unpaired) electrons. The van der Waals surface area contributed by atoms with E-state index in [0.29, 0.717) is 0 Å². The molecule has 0 amide bonds. The zero-order valence-electron chi connectivity index (χ0n) is 21.0. The standard InChI is InChI=1S/C30H32N2.CH2O/c1-19-15-21(3)29(22(4)16-19)31-27-11-7-25(8-12-27)26-9-13-28(14-10-26)32-30-23(5)17-20(2)18-24(30)6;1-2/h7-18,31-32H,1-6H3;1H2. The maximum atomic E-state index is 8.00. The van der Waals surface area contributed by atoms with E-state index < -0.39 is 0 Å². The number of carbonyl (C=O) groups is 1. The van der Waals surface area contributed by atoms with Gasteiger partial charge >= 0.3 is 0 Å². The molecule has 4 aromatic rings. The molecule has 0 saturated carbocycles. The fourth-order valence-corrected chi connectivity index (χ4v) is 4.54. The van der Waals surface area contributed by atoms with Gasteiger partial charge in [-0.1, -0.05) is 59.7 Å². The van der Waals surface area contributed by atoms with Crippen LogP contribution in [0.4, 0.5) is 22.7 Å². The van der Waals surface area contributed by atoms with Crippen molar-refractivity contribution in [1.29, 1.82) is 0 Å². The highest BCUT2D eigenvalue weighted by Gasteiger charge is 2.07. The molecular formula is C31H34N2O. The molecule has 2 N–H and O–H groups in total. The minimum absolute atomic E-state index is 1.10. The Bertz CT molecular complexity index is 1130. The maximum absolute atomic E-state index is 8.00. The highest BCUT2D eigenvalue weighted by molar-refractivity contribution is 5.73. The third-order valence-corrected chi connectivity index (χ3v) is 6.00. The Morgan fingerprint density at radius 3 is 1.00 bits per heavy atom. The summed E-state index contributed by atoms with van der Waals surface area (Å²) >= 11 is 0. The number of aryl methyl sites for hydroxylation is 6. The molecule has 0 bridgehead atoms. The number of benzene rings is 4. The molecule has 3 heteroatoms. The lowest BCUT2D eigenvalue weighted by molar-refractivity contribution is -0.0979. The van der Waals surface area contributed by atoms with Crippen molar-refractivity contribution >= 4 is 29.5 Å². The smallest absolute Gasteiger partial charge is 0.106 e. The van der Waals surface area contributed by atoms with Crippen molar-refractivity contribution in [3.05, 3.63) is 106 Å². The first-order valence-electron chi connectivity index (χ1n) is 11.5. The minimum Gasteiger partial charge on any atom is -0.355 e. The molecule has 0 aliphatic rings. The Morgan fingerprint density at radius 1 is 0.471 bits per heavy atom. The number of anilines is 4. The van der Waals surface area contributed by atoms with Crippen molar-refractivity contribution in [3.8, 4) is 11.1 Å². The number of rotatable bonds is 5. The molecule has 0 saturated heterocycles. The van der Waals surface area contributed by atoms with Crippen molar-refractivity contribution < 1.29 is 4.79 Å². The van der Waals surface area contributed by atoms with Crippen LogP contribution in [0.25, 0.3) is 11.1 Å². The van der Waals surface area contributed by atoms with Crippen LogP contribution in [0.3, 0.4) is 0 Å². The van der Waals surface area contributed by atoms with Crippen LogP contribution >= 0.6 is 0 Å². The van der Waals surface area contributed by atoms with Crippen LogP contribution < -0.4 is 10.6 Å². The molecule has 0 aliphatic carbocycles. The quantitative estimate of drug-likeness (QED) is 0.320. The highest BCUT2D eigenvalue weighted by atomic mass is 16.1. The molecule has 174 valence electrons. The first kappa shape index (κ1) is 24.8. The van der Waals surface area contributed by atoms with Gasteiger partial charge in [-0.2, -0.15) is 0 Å². The van der Waals surface area contributed by atoms with E-state index in [-0.39, 0.29) is 0 Å². The van der Waals surface area contributed by atoms with E-state index in [0.717, 1.165) is 11.4 Å². The number of hydrogen-bond donors (Lipinski definition) is 2. The normalized spacial score (nSPS) is 10.3. The van der Waals surface area contributed by atoms with Crippen LogP contribution in [0.1, 0.15) is 33.4 Å². The van der Waals surface area contributed by atoms with Crippen molar-refractivity contribution in [2.24, 2.45) is 0 Å². The molecule has 4 rings (SSSR count). The van der Waals surface area contributed by atoms with Crippen LogP contribution in [0.2, 0.25) is 0 Å². The number of nitrogens with one attached hydrogen (secondary N) is 2. The average Bonchev–Trinajstić information content (AvgIpc) is 2.81. The molecule has 0 aliphatic heterocycles. The van der Waals surface area contributed by atoms with Gasteiger partial charge in [-0.15, -0.1) is 0 Å². The van der Waals surface area contributed by atoms with Crippen molar-refractivity contribution in [3.63, 3.8) is 0 Å². The Labute approximate surface area is 203 Å². The van der Waals surface area contributed by atoms with Gasteiger partial charge in [0, 0.05) is 22.7 Å². The van der Waals surface area contributed by atoms with E-state index in [1.54, 1.807) is 0 Å². The van der Waals surface area contributed by atoms with Crippen LogP contribution in [0.15, 0.2) is 72.8 Å². The van der Waals surface area contributed by atoms with Crippen LogP contribution in [0, 0.1) is 41.5 Å². The number of hydrogen-bond acceptors (Lipinski definition) is 3. The summed E-state index contributed by atoms with van der Waals surface area (Å²) in [6.45, 7) is 14.9. The van der Waals surface area contributed by atoms with Gasteiger partial charge in [0.15, 0.2) is 0 Å². The van der Waals surface area contributed by atoms with Gasteiger partial charge in [0.05, 0.1) is 0 Å². The fraction of sp³-hybridized carbons (Fsp3) is 0.194. The van der Waals surface area contributed by atoms with E-state index in [9.17, 15) is 0 Å².